The number of hydrogen-bond acceptors (Lipinski definition) is 7. The van der Waals surface area contributed by atoms with Crippen LogP contribution in [0.15, 0.2) is 73.4 Å². The molecule has 3 aromatic heterocycles. The molecule has 4 amide bonds. The van der Waals surface area contributed by atoms with E-state index in [9.17, 15) is 29.1 Å². The molecular weight excluding hydrogens is 606 g/mol. The van der Waals surface area contributed by atoms with Crippen LogP contribution < -0.4 is 27.4 Å². The fraction of sp³-hybridized carbons (Fsp3) is 0.250. The van der Waals surface area contributed by atoms with E-state index in [1.165, 1.54) is 6.33 Å². The van der Waals surface area contributed by atoms with Crippen molar-refractivity contribution in [1.82, 2.24) is 35.9 Å². The predicted molar refractivity (Wildman–Crippen MR) is 172 cm³/mol. The predicted octanol–water partition coefficient (Wildman–Crippen LogP) is 0.142. The van der Waals surface area contributed by atoms with Gasteiger partial charge in [-0.15, -0.1) is 0 Å². The van der Waals surface area contributed by atoms with Crippen molar-refractivity contribution in [2.45, 2.75) is 49.9 Å². The van der Waals surface area contributed by atoms with Crippen LogP contribution in [0.3, 0.4) is 0 Å². The average molecular weight is 642 g/mol. The number of nitrogens with two attached hydrogens (primary N) is 2. The molecule has 15 heteroatoms. The van der Waals surface area contributed by atoms with Gasteiger partial charge in [-0.05, 0) is 23.3 Å². The standard InChI is InChI=1S/C32H35N9O6/c33-22(11-19-15-35-16-38-19)29(43)39-25(9-17-13-36-23-7-3-1-5-20(17)23)30(44)40-26(31(45)41-27(32(46)47)12-28(34)42)10-18-14-37-24-8-4-2-6-21(18)24/h1-8,13-16,22,25-27,36-37H,9-12,33H2,(H2,34,42)(H,35,38)(H,39,43)(H,40,44)(H,41,45)(H,46,47). The minimum absolute atomic E-state index is 0.0409. The van der Waals surface area contributed by atoms with E-state index in [4.69, 9.17) is 11.5 Å². The van der Waals surface area contributed by atoms with Crippen LogP contribution in [-0.4, -0.2) is 78.8 Å². The number of carboxylic acid groups (broad SMARTS) is 1. The Morgan fingerprint density at radius 3 is 1.72 bits per heavy atom. The maximum absolute atomic E-state index is 14.0. The zero-order valence-corrected chi connectivity index (χ0v) is 25.2. The number of primary amides is 1. The van der Waals surface area contributed by atoms with Crippen LogP contribution in [0, 0.1) is 0 Å². The van der Waals surface area contributed by atoms with Crippen LogP contribution in [0.25, 0.3) is 21.8 Å². The SMILES string of the molecule is NC(=O)CC(NC(=O)C(Cc1c[nH]c2ccccc12)NC(=O)C(Cc1c[nH]c2ccccc12)NC(=O)C(N)Cc1cnc[nH]1)C(=O)O. The number of H-pyrrole nitrogens is 3. The second-order valence-corrected chi connectivity index (χ2v) is 11.2. The Morgan fingerprint density at radius 2 is 1.23 bits per heavy atom. The normalized spacial score (nSPS) is 13.8. The monoisotopic (exact) mass is 641 g/mol. The first-order valence-electron chi connectivity index (χ1n) is 14.8. The van der Waals surface area contributed by atoms with Gasteiger partial charge in [0.05, 0.1) is 18.8 Å². The van der Waals surface area contributed by atoms with Gasteiger partial charge in [0.2, 0.25) is 23.6 Å². The third kappa shape index (κ3) is 8.01. The van der Waals surface area contributed by atoms with E-state index in [0.29, 0.717) is 11.3 Å². The number of benzene rings is 2. The van der Waals surface area contributed by atoms with Crippen LogP contribution in [0.5, 0.6) is 0 Å². The second kappa shape index (κ2) is 14.4. The van der Waals surface area contributed by atoms with Gasteiger partial charge in [0, 0.05) is 65.4 Å². The van der Waals surface area contributed by atoms with E-state index in [1.54, 1.807) is 18.6 Å². The van der Waals surface area contributed by atoms with E-state index in [-0.39, 0.29) is 19.3 Å². The number of nitrogens with one attached hydrogen (secondary N) is 6. The average Bonchev–Trinajstić information content (AvgIpc) is 3.80. The van der Waals surface area contributed by atoms with Crippen LogP contribution in [0.4, 0.5) is 0 Å². The summed E-state index contributed by atoms with van der Waals surface area (Å²) in [6.45, 7) is 0. The molecule has 5 aromatic rings. The van der Waals surface area contributed by atoms with Crippen molar-refractivity contribution in [3.8, 4) is 0 Å². The number of carboxylic acids is 1. The lowest BCUT2D eigenvalue weighted by Gasteiger charge is -2.25. The summed E-state index contributed by atoms with van der Waals surface area (Å²) < 4.78 is 0. The lowest BCUT2D eigenvalue weighted by atomic mass is 10.0. The van der Waals surface area contributed by atoms with Gasteiger partial charge < -0.3 is 47.5 Å². The number of rotatable bonds is 15. The first-order chi connectivity index (χ1) is 22.6. The van der Waals surface area contributed by atoms with Gasteiger partial charge in [0.25, 0.3) is 0 Å². The molecule has 4 unspecified atom stereocenters. The number of imidazole rings is 1. The van der Waals surface area contributed by atoms with E-state index in [1.807, 2.05) is 48.5 Å². The molecule has 15 nitrogen and oxygen atoms in total. The highest BCUT2D eigenvalue weighted by molar-refractivity contribution is 5.96. The lowest BCUT2D eigenvalue weighted by molar-refractivity contribution is -0.143. The van der Waals surface area contributed by atoms with Gasteiger partial charge in [-0.2, -0.15) is 0 Å². The molecular formula is C32H35N9O6. The fourth-order valence-corrected chi connectivity index (χ4v) is 5.41. The Hall–Kier alpha value is -5.96. The Kier molecular flexibility index (Phi) is 9.96. The first kappa shape index (κ1) is 32.4. The van der Waals surface area contributed by atoms with Crippen molar-refractivity contribution in [3.05, 3.63) is 90.3 Å². The van der Waals surface area contributed by atoms with Crippen molar-refractivity contribution < 1.29 is 29.1 Å². The Labute approximate surface area is 267 Å². The number of aromatic nitrogens is 4. The maximum atomic E-state index is 14.0. The summed E-state index contributed by atoms with van der Waals surface area (Å²) in [5.41, 5.74) is 15.0. The van der Waals surface area contributed by atoms with Gasteiger partial charge in [0.15, 0.2) is 0 Å². The zero-order chi connectivity index (χ0) is 33.5. The molecule has 2 aromatic carbocycles. The number of aromatic amines is 3. The molecule has 0 saturated heterocycles. The summed E-state index contributed by atoms with van der Waals surface area (Å²) in [5.74, 6) is -4.57. The fourth-order valence-electron chi connectivity index (χ4n) is 5.41. The quantitative estimate of drug-likeness (QED) is 0.0758. The Bertz CT molecular complexity index is 1900. The van der Waals surface area contributed by atoms with Gasteiger partial charge in [-0.25, -0.2) is 9.78 Å². The van der Waals surface area contributed by atoms with E-state index >= 15 is 0 Å². The Balaban J connectivity index is 1.43. The molecule has 11 N–H and O–H groups in total. The van der Waals surface area contributed by atoms with E-state index in [0.717, 1.165) is 27.4 Å². The number of nitrogens with zero attached hydrogens (tertiary/aromatic N) is 1. The molecule has 0 aliphatic rings. The van der Waals surface area contributed by atoms with Crippen LogP contribution in [0.2, 0.25) is 0 Å². The van der Waals surface area contributed by atoms with Crippen molar-refractivity contribution in [1.29, 1.82) is 0 Å². The molecule has 244 valence electrons. The number of fused-ring (bicyclic) bond motifs is 2. The molecule has 0 fully saturated rings. The molecule has 0 saturated carbocycles. The molecule has 3 heterocycles. The minimum Gasteiger partial charge on any atom is -0.480 e. The number of aliphatic carboxylic acids is 1. The summed E-state index contributed by atoms with van der Waals surface area (Å²) >= 11 is 0. The van der Waals surface area contributed by atoms with E-state index in [2.05, 4.69) is 35.9 Å². The van der Waals surface area contributed by atoms with Gasteiger partial charge >= 0.3 is 5.97 Å². The summed E-state index contributed by atoms with van der Waals surface area (Å²) in [5, 5.41) is 19.0. The largest absolute Gasteiger partial charge is 0.480 e. The second-order valence-electron chi connectivity index (χ2n) is 11.2. The molecule has 0 radical (unpaired) electrons. The molecule has 5 rings (SSSR count). The van der Waals surface area contributed by atoms with E-state index < -0.39 is 60.2 Å². The van der Waals surface area contributed by atoms with Crippen LogP contribution >= 0.6 is 0 Å². The summed E-state index contributed by atoms with van der Waals surface area (Å²) in [6.07, 6.45) is 5.91. The highest BCUT2D eigenvalue weighted by atomic mass is 16.4. The minimum atomic E-state index is -1.62. The number of para-hydroxylation sites is 2. The zero-order valence-electron chi connectivity index (χ0n) is 25.2. The molecule has 0 aliphatic carbocycles. The van der Waals surface area contributed by atoms with Gasteiger partial charge in [0.1, 0.15) is 18.1 Å². The highest BCUT2D eigenvalue weighted by Crippen LogP contribution is 2.21. The number of carbonyl (C=O) groups is 5. The van der Waals surface area contributed by atoms with Crippen molar-refractivity contribution >= 4 is 51.4 Å². The van der Waals surface area contributed by atoms with Crippen LogP contribution in [0.1, 0.15) is 23.2 Å². The summed E-state index contributed by atoms with van der Waals surface area (Å²) in [6, 6.07) is 9.66. The molecule has 0 aliphatic heterocycles. The van der Waals surface area contributed by atoms with Gasteiger partial charge in [-0.3, -0.25) is 19.2 Å². The Morgan fingerprint density at radius 1 is 0.723 bits per heavy atom. The van der Waals surface area contributed by atoms with Gasteiger partial charge in [-0.1, -0.05) is 36.4 Å². The van der Waals surface area contributed by atoms with Crippen molar-refractivity contribution in [2.24, 2.45) is 11.5 Å². The third-order valence-electron chi connectivity index (χ3n) is 7.82. The maximum Gasteiger partial charge on any atom is 0.326 e. The molecule has 47 heavy (non-hydrogen) atoms. The van der Waals surface area contributed by atoms with Crippen LogP contribution in [-0.2, 0) is 43.2 Å². The van der Waals surface area contributed by atoms with Crippen molar-refractivity contribution in [3.63, 3.8) is 0 Å². The summed E-state index contributed by atoms with van der Waals surface area (Å²) in [7, 11) is 0. The number of amides is 4. The number of hydrogen-bond donors (Lipinski definition) is 9. The highest BCUT2D eigenvalue weighted by Gasteiger charge is 2.32. The summed E-state index contributed by atoms with van der Waals surface area (Å²) in [4.78, 5) is 77.3. The third-order valence-corrected chi connectivity index (χ3v) is 7.82. The lowest BCUT2D eigenvalue weighted by Crippen LogP contribution is -2.58. The number of carbonyl (C=O) groups excluding carboxylic acids is 4. The molecule has 0 bridgehead atoms. The smallest absolute Gasteiger partial charge is 0.326 e. The molecule has 0 spiro atoms. The topological polar surface area (TPSA) is 254 Å². The first-order valence-corrected chi connectivity index (χ1v) is 14.8. The molecule has 4 atom stereocenters. The van der Waals surface area contributed by atoms with Crippen molar-refractivity contribution in [2.75, 3.05) is 0 Å².